The van der Waals surface area contributed by atoms with Gasteiger partial charge in [-0.2, -0.15) is 0 Å². The lowest BCUT2D eigenvalue weighted by Gasteiger charge is -2.40. The van der Waals surface area contributed by atoms with Crippen molar-refractivity contribution < 1.29 is 9.59 Å². The Morgan fingerprint density at radius 1 is 0.694 bits per heavy atom. The molecule has 2 aliphatic rings. The van der Waals surface area contributed by atoms with Crippen LogP contribution in [0.2, 0.25) is 0 Å². The van der Waals surface area contributed by atoms with E-state index in [2.05, 4.69) is 58.7 Å². The summed E-state index contributed by atoms with van der Waals surface area (Å²) in [6.45, 7) is 2.88. The van der Waals surface area contributed by atoms with E-state index in [0.29, 0.717) is 24.3 Å². The number of amides is 2. The summed E-state index contributed by atoms with van der Waals surface area (Å²) in [7, 11) is 0. The second kappa shape index (κ2) is 11.5. The summed E-state index contributed by atoms with van der Waals surface area (Å²) < 4.78 is 0. The molecule has 0 bridgehead atoms. The second-order valence-corrected chi connectivity index (χ2v) is 9.92. The molecule has 1 heterocycles. The highest BCUT2D eigenvalue weighted by atomic mass is 16.2. The Hall–Kier alpha value is -3.44. The highest BCUT2D eigenvalue weighted by Crippen LogP contribution is 2.30. The summed E-state index contributed by atoms with van der Waals surface area (Å²) in [5, 5.41) is 3.07. The molecule has 1 saturated heterocycles. The molecule has 0 spiro atoms. The number of anilines is 1. The van der Waals surface area contributed by atoms with Crippen molar-refractivity contribution in [3.63, 3.8) is 0 Å². The Labute approximate surface area is 214 Å². The fraction of sp³-hybridized carbons (Fsp3) is 0.355. The van der Waals surface area contributed by atoms with Gasteiger partial charge in [0.05, 0.1) is 17.3 Å². The van der Waals surface area contributed by atoms with Crippen LogP contribution in [0.5, 0.6) is 0 Å². The number of nitrogens with one attached hydrogen (secondary N) is 1. The monoisotopic (exact) mass is 481 g/mol. The molecule has 36 heavy (non-hydrogen) atoms. The minimum atomic E-state index is -0.00911. The molecule has 5 rings (SSSR count). The van der Waals surface area contributed by atoms with Crippen molar-refractivity contribution in [3.05, 3.63) is 102 Å². The maximum Gasteiger partial charge on any atom is 0.256 e. The number of piperazine rings is 1. The van der Waals surface area contributed by atoms with Crippen LogP contribution < -0.4 is 5.32 Å². The van der Waals surface area contributed by atoms with Gasteiger partial charge in [0.2, 0.25) is 5.91 Å². The third-order valence-electron chi connectivity index (χ3n) is 7.59. The first kappa shape index (κ1) is 24.3. The van der Waals surface area contributed by atoms with Gasteiger partial charge in [0.15, 0.2) is 0 Å². The summed E-state index contributed by atoms with van der Waals surface area (Å²) in [4.78, 5) is 30.8. The molecule has 0 unspecified atom stereocenters. The van der Waals surface area contributed by atoms with Gasteiger partial charge in [-0.3, -0.25) is 14.5 Å². The smallest absolute Gasteiger partial charge is 0.256 e. The number of carbonyl (C=O) groups is 2. The zero-order valence-corrected chi connectivity index (χ0v) is 20.8. The minimum Gasteiger partial charge on any atom is -0.336 e. The molecular formula is C31H35N3O2. The predicted molar refractivity (Wildman–Crippen MR) is 144 cm³/mol. The first-order valence-electron chi connectivity index (χ1n) is 13.2. The molecule has 1 aliphatic heterocycles. The van der Waals surface area contributed by atoms with E-state index in [-0.39, 0.29) is 23.8 Å². The molecule has 5 nitrogen and oxygen atoms in total. The van der Waals surface area contributed by atoms with Gasteiger partial charge in [-0.15, -0.1) is 0 Å². The van der Waals surface area contributed by atoms with Crippen LogP contribution in [0.4, 0.5) is 5.69 Å². The quantitative estimate of drug-likeness (QED) is 0.488. The van der Waals surface area contributed by atoms with E-state index in [1.807, 2.05) is 41.3 Å². The van der Waals surface area contributed by atoms with Gasteiger partial charge in [-0.25, -0.2) is 0 Å². The molecular weight excluding hydrogens is 446 g/mol. The molecule has 0 radical (unpaired) electrons. The van der Waals surface area contributed by atoms with Crippen LogP contribution in [0.3, 0.4) is 0 Å². The fourth-order valence-corrected chi connectivity index (χ4v) is 5.62. The fourth-order valence-electron chi connectivity index (χ4n) is 5.62. The van der Waals surface area contributed by atoms with Crippen LogP contribution in [-0.2, 0) is 4.79 Å². The number of rotatable bonds is 6. The van der Waals surface area contributed by atoms with Gasteiger partial charge in [0.25, 0.3) is 5.91 Å². The van der Waals surface area contributed by atoms with Gasteiger partial charge in [0, 0.05) is 32.1 Å². The highest BCUT2D eigenvalue weighted by molar-refractivity contribution is 6.04. The van der Waals surface area contributed by atoms with E-state index in [1.54, 1.807) is 0 Å². The lowest BCUT2D eigenvalue weighted by Crippen LogP contribution is -2.50. The van der Waals surface area contributed by atoms with E-state index in [4.69, 9.17) is 0 Å². The third kappa shape index (κ3) is 5.52. The van der Waals surface area contributed by atoms with E-state index in [9.17, 15) is 9.59 Å². The maximum atomic E-state index is 13.6. The largest absolute Gasteiger partial charge is 0.336 e. The van der Waals surface area contributed by atoms with Crippen molar-refractivity contribution in [2.75, 3.05) is 31.5 Å². The molecule has 3 aromatic carbocycles. The topological polar surface area (TPSA) is 52.7 Å². The normalized spacial score (nSPS) is 17.2. The minimum absolute atomic E-state index is 0.00911. The molecule has 2 fully saturated rings. The Bertz CT molecular complexity index is 1110. The van der Waals surface area contributed by atoms with Crippen LogP contribution in [0.1, 0.15) is 59.6 Å². The van der Waals surface area contributed by atoms with Crippen LogP contribution in [0, 0.1) is 5.92 Å². The van der Waals surface area contributed by atoms with Gasteiger partial charge in [0.1, 0.15) is 0 Å². The Morgan fingerprint density at radius 3 is 1.86 bits per heavy atom. The first-order chi connectivity index (χ1) is 17.7. The summed E-state index contributed by atoms with van der Waals surface area (Å²) in [6.07, 6.45) is 5.30. The summed E-state index contributed by atoms with van der Waals surface area (Å²) in [6, 6.07) is 28.8. The maximum absolute atomic E-state index is 13.6. The van der Waals surface area contributed by atoms with Crippen molar-refractivity contribution in [2.24, 2.45) is 5.92 Å². The molecule has 0 aromatic heterocycles. The first-order valence-corrected chi connectivity index (χ1v) is 13.2. The Morgan fingerprint density at radius 2 is 1.25 bits per heavy atom. The van der Waals surface area contributed by atoms with Crippen LogP contribution in [-0.4, -0.2) is 47.8 Å². The zero-order chi connectivity index (χ0) is 24.7. The van der Waals surface area contributed by atoms with E-state index < -0.39 is 0 Å². The summed E-state index contributed by atoms with van der Waals surface area (Å²) in [5.74, 6) is 0.0943. The summed E-state index contributed by atoms with van der Waals surface area (Å²) in [5.41, 5.74) is 3.74. The average molecular weight is 482 g/mol. The Kier molecular flexibility index (Phi) is 7.77. The van der Waals surface area contributed by atoms with Crippen LogP contribution in [0.15, 0.2) is 84.9 Å². The average Bonchev–Trinajstić information content (AvgIpc) is 2.95. The van der Waals surface area contributed by atoms with Gasteiger partial charge in [-0.05, 0) is 36.1 Å². The van der Waals surface area contributed by atoms with Gasteiger partial charge >= 0.3 is 0 Å². The number of nitrogens with zero attached hydrogens (tertiary/aromatic N) is 2. The molecule has 1 saturated carbocycles. The molecule has 1 aliphatic carbocycles. The summed E-state index contributed by atoms with van der Waals surface area (Å²) >= 11 is 0. The molecule has 5 heteroatoms. The molecule has 186 valence electrons. The molecule has 2 amide bonds. The molecule has 3 aromatic rings. The standard InChI is InChI=1S/C31H35N3O2/c35-30(26-16-8-3-9-17-26)32-28-19-11-10-18-27(28)31(36)34-22-20-33(21-23-34)29(24-12-4-1-5-13-24)25-14-6-2-7-15-25/h1-2,4-7,10-15,18-19,26,29H,3,8-9,16-17,20-23H2,(H,32,35). The zero-order valence-electron chi connectivity index (χ0n) is 20.8. The predicted octanol–water partition coefficient (Wildman–Crippen LogP) is 5.75. The van der Waals surface area contributed by atoms with E-state index in [1.165, 1.54) is 17.5 Å². The van der Waals surface area contributed by atoms with E-state index >= 15 is 0 Å². The van der Waals surface area contributed by atoms with Crippen molar-refractivity contribution in [1.82, 2.24) is 9.80 Å². The Balaban J connectivity index is 1.28. The third-order valence-corrected chi connectivity index (χ3v) is 7.59. The SMILES string of the molecule is O=C(Nc1ccccc1C(=O)N1CCN(C(c2ccccc2)c2ccccc2)CC1)C1CCCCC1. The second-order valence-electron chi connectivity index (χ2n) is 9.92. The number of hydrogen-bond acceptors (Lipinski definition) is 3. The van der Waals surface area contributed by atoms with Crippen molar-refractivity contribution >= 4 is 17.5 Å². The van der Waals surface area contributed by atoms with Crippen molar-refractivity contribution in [3.8, 4) is 0 Å². The number of benzene rings is 3. The van der Waals surface area contributed by atoms with Crippen molar-refractivity contribution in [2.45, 2.75) is 38.1 Å². The van der Waals surface area contributed by atoms with Gasteiger partial charge in [-0.1, -0.05) is 92.1 Å². The number of hydrogen-bond donors (Lipinski definition) is 1. The lowest BCUT2D eigenvalue weighted by molar-refractivity contribution is -0.120. The molecule has 1 N–H and O–H groups in total. The lowest BCUT2D eigenvalue weighted by atomic mass is 9.88. The number of carbonyl (C=O) groups excluding carboxylic acids is 2. The number of para-hydroxylation sites is 1. The van der Waals surface area contributed by atoms with Gasteiger partial charge < -0.3 is 10.2 Å². The van der Waals surface area contributed by atoms with Crippen LogP contribution in [0.25, 0.3) is 0 Å². The molecule has 0 atom stereocenters. The highest BCUT2D eigenvalue weighted by Gasteiger charge is 2.30. The van der Waals surface area contributed by atoms with Crippen molar-refractivity contribution in [1.29, 1.82) is 0 Å². The van der Waals surface area contributed by atoms with E-state index in [0.717, 1.165) is 38.8 Å². The van der Waals surface area contributed by atoms with Crippen LogP contribution >= 0.6 is 0 Å².